The summed E-state index contributed by atoms with van der Waals surface area (Å²) in [6.07, 6.45) is 1.65. The molecule has 0 amide bonds. The maximum atomic E-state index is 6.17. The second-order valence-electron chi connectivity index (χ2n) is 3.62. The third-order valence-electron chi connectivity index (χ3n) is 2.65. The molecule has 17 heavy (non-hydrogen) atoms. The van der Waals surface area contributed by atoms with Crippen molar-refractivity contribution in [1.82, 2.24) is 4.98 Å². The fourth-order valence-corrected chi connectivity index (χ4v) is 2.16. The van der Waals surface area contributed by atoms with Gasteiger partial charge >= 0.3 is 0 Å². The van der Waals surface area contributed by atoms with E-state index in [-0.39, 0.29) is 0 Å². The number of aromatic nitrogens is 1. The molecule has 0 radical (unpaired) electrons. The minimum absolute atomic E-state index is 0.500. The molecule has 0 unspecified atom stereocenters. The summed E-state index contributed by atoms with van der Waals surface area (Å²) in [4.78, 5) is 4.26. The van der Waals surface area contributed by atoms with Crippen LogP contribution in [0, 0.1) is 0 Å². The van der Waals surface area contributed by atoms with Gasteiger partial charge in [-0.05, 0) is 6.07 Å². The second-order valence-corrected chi connectivity index (χ2v) is 4.03. The van der Waals surface area contributed by atoms with E-state index in [9.17, 15) is 0 Å². The number of halogens is 1. The molecule has 88 valence electrons. The highest BCUT2D eigenvalue weighted by molar-refractivity contribution is 6.36. The molecule has 2 aromatic rings. The molecule has 5 heteroatoms. The largest absolute Gasteiger partial charge is 0.493 e. The van der Waals surface area contributed by atoms with Crippen LogP contribution in [0.2, 0.25) is 5.02 Å². The Morgan fingerprint density at radius 2 is 2.06 bits per heavy atom. The molecule has 1 aliphatic heterocycles. The van der Waals surface area contributed by atoms with Gasteiger partial charge in [0.25, 0.3) is 0 Å². The molecule has 3 rings (SSSR count). The second kappa shape index (κ2) is 3.96. The van der Waals surface area contributed by atoms with Crippen LogP contribution in [-0.4, -0.2) is 25.3 Å². The Hall–Kier alpha value is -1.68. The number of benzene rings is 1. The summed E-state index contributed by atoms with van der Waals surface area (Å²) < 4.78 is 16.5. The van der Waals surface area contributed by atoms with Crippen molar-refractivity contribution in [2.75, 3.05) is 20.3 Å². The van der Waals surface area contributed by atoms with Gasteiger partial charge in [0.15, 0.2) is 11.5 Å². The van der Waals surface area contributed by atoms with E-state index in [2.05, 4.69) is 4.98 Å². The van der Waals surface area contributed by atoms with E-state index in [4.69, 9.17) is 25.8 Å². The lowest BCUT2D eigenvalue weighted by Crippen LogP contribution is -2.16. The van der Waals surface area contributed by atoms with E-state index in [0.717, 1.165) is 10.9 Å². The first-order valence-corrected chi connectivity index (χ1v) is 5.60. The van der Waals surface area contributed by atoms with Gasteiger partial charge in [-0.25, -0.2) is 0 Å². The number of methoxy groups -OCH3 is 1. The first-order chi connectivity index (χ1) is 8.31. The fourth-order valence-electron chi connectivity index (χ4n) is 1.92. The Bertz CT molecular complexity index is 585. The average molecular weight is 252 g/mol. The SMILES string of the molecule is COc1cc2nccc(Cl)c2c2c1OCCO2. The van der Waals surface area contributed by atoms with Crippen molar-refractivity contribution in [1.29, 1.82) is 0 Å². The Morgan fingerprint density at radius 3 is 2.82 bits per heavy atom. The highest BCUT2D eigenvalue weighted by Crippen LogP contribution is 2.46. The monoisotopic (exact) mass is 251 g/mol. The number of rotatable bonds is 1. The van der Waals surface area contributed by atoms with Gasteiger partial charge in [-0.3, -0.25) is 4.98 Å². The van der Waals surface area contributed by atoms with E-state index in [1.54, 1.807) is 25.4 Å². The van der Waals surface area contributed by atoms with Crippen LogP contribution in [0.1, 0.15) is 0 Å². The zero-order valence-corrected chi connectivity index (χ0v) is 9.95. The molecule has 1 aliphatic rings. The van der Waals surface area contributed by atoms with Crippen molar-refractivity contribution in [3.63, 3.8) is 0 Å². The molecule has 2 heterocycles. The van der Waals surface area contributed by atoms with Gasteiger partial charge in [0.2, 0.25) is 5.75 Å². The summed E-state index contributed by atoms with van der Waals surface area (Å²) in [7, 11) is 1.59. The summed E-state index contributed by atoms with van der Waals surface area (Å²) in [6.45, 7) is 1.01. The maximum absolute atomic E-state index is 6.17. The lowest BCUT2D eigenvalue weighted by Gasteiger charge is -2.22. The lowest BCUT2D eigenvalue weighted by atomic mass is 10.1. The van der Waals surface area contributed by atoms with Crippen LogP contribution in [0.5, 0.6) is 17.2 Å². The zero-order chi connectivity index (χ0) is 11.8. The molecule has 0 atom stereocenters. The molecule has 0 saturated heterocycles. The van der Waals surface area contributed by atoms with Crippen molar-refractivity contribution in [3.8, 4) is 17.2 Å². The number of hydrogen-bond donors (Lipinski definition) is 0. The van der Waals surface area contributed by atoms with Crippen LogP contribution < -0.4 is 14.2 Å². The normalized spacial score (nSPS) is 13.8. The van der Waals surface area contributed by atoms with Crippen LogP contribution in [-0.2, 0) is 0 Å². The molecule has 0 N–H and O–H groups in total. The molecule has 4 nitrogen and oxygen atoms in total. The van der Waals surface area contributed by atoms with Crippen molar-refractivity contribution in [2.45, 2.75) is 0 Å². The van der Waals surface area contributed by atoms with Crippen LogP contribution >= 0.6 is 11.6 Å². The van der Waals surface area contributed by atoms with Crippen molar-refractivity contribution < 1.29 is 14.2 Å². The summed E-state index contributed by atoms with van der Waals surface area (Å²) in [5.74, 6) is 1.83. The molecule has 0 saturated carbocycles. The van der Waals surface area contributed by atoms with Crippen LogP contribution in [0.4, 0.5) is 0 Å². The van der Waals surface area contributed by atoms with Gasteiger partial charge < -0.3 is 14.2 Å². The van der Waals surface area contributed by atoms with Gasteiger partial charge in [0, 0.05) is 12.3 Å². The standard InChI is InChI=1S/C12H10ClNO3/c1-15-9-6-8-10(7(13)2-3-14-8)12-11(9)16-4-5-17-12/h2-3,6H,4-5H2,1H3. The van der Waals surface area contributed by atoms with Gasteiger partial charge in [-0.15, -0.1) is 0 Å². The highest BCUT2D eigenvalue weighted by Gasteiger charge is 2.22. The lowest BCUT2D eigenvalue weighted by molar-refractivity contribution is 0.167. The number of nitrogens with zero attached hydrogens (tertiary/aromatic N) is 1. The van der Waals surface area contributed by atoms with Gasteiger partial charge in [-0.2, -0.15) is 0 Å². The third kappa shape index (κ3) is 1.56. The van der Waals surface area contributed by atoms with Gasteiger partial charge in [0.05, 0.1) is 23.0 Å². The molecule has 0 aliphatic carbocycles. The predicted molar refractivity (Wildman–Crippen MR) is 64.3 cm³/mol. The first kappa shape index (κ1) is 10.5. The van der Waals surface area contributed by atoms with Crippen LogP contribution in [0.25, 0.3) is 10.9 Å². The predicted octanol–water partition coefficient (Wildman–Crippen LogP) is 2.67. The molecule has 1 aromatic heterocycles. The van der Waals surface area contributed by atoms with Crippen molar-refractivity contribution >= 4 is 22.5 Å². The Balaban J connectivity index is 2.40. The van der Waals surface area contributed by atoms with Gasteiger partial charge in [0.1, 0.15) is 13.2 Å². The minimum atomic E-state index is 0.500. The number of pyridine rings is 1. The van der Waals surface area contributed by atoms with Crippen LogP contribution in [0.15, 0.2) is 18.3 Å². The highest BCUT2D eigenvalue weighted by atomic mass is 35.5. The van der Waals surface area contributed by atoms with Gasteiger partial charge in [-0.1, -0.05) is 11.6 Å². The molecule has 1 aromatic carbocycles. The average Bonchev–Trinajstić information content (AvgIpc) is 2.37. The molecule has 0 bridgehead atoms. The Labute approximate surface area is 103 Å². The summed E-state index contributed by atoms with van der Waals surface area (Å²) >= 11 is 6.17. The van der Waals surface area contributed by atoms with Crippen molar-refractivity contribution in [2.24, 2.45) is 0 Å². The summed E-state index contributed by atoms with van der Waals surface area (Å²) in [6, 6.07) is 3.53. The third-order valence-corrected chi connectivity index (χ3v) is 2.97. The molecular weight excluding hydrogens is 242 g/mol. The van der Waals surface area contributed by atoms with Crippen LogP contribution in [0.3, 0.4) is 0 Å². The first-order valence-electron chi connectivity index (χ1n) is 5.22. The van der Waals surface area contributed by atoms with Crippen molar-refractivity contribution in [3.05, 3.63) is 23.4 Å². The number of fused-ring (bicyclic) bond motifs is 3. The Kier molecular flexibility index (Phi) is 2.44. The zero-order valence-electron chi connectivity index (χ0n) is 9.20. The fraction of sp³-hybridized carbons (Fsp3) is 0.250. The van der Waals surface area contributed by atoms with E-state index in [1.807, 2.05) is 0 Å². The quantitative estimate of drug-likeness (QED) is 0.781. The summed E-state index contributed by atoms with van der Waals surface area (Å²) in [5, 5.41) is 1.36. The topological polar surface area (TPSA) is 40.6 Å². The van der Waals surface area contributed by atoms with E-state index in [1.165, 1.54) is 0 Å². The van der Waals surface area contributed by atoms with E-state index >= 15 is 0 Å². The minimum Gasteiger partial charge on any atom is -0.493 e. The number of ether oxygens (including phenoxy) is 3. The van der Waals surface area contributed by atoms with E-state index < -0.39 is 0 Å². The molecular formula is C12H10ClNO3. The smallest absolute Gasteiger partial charge is 0.204 e. The maximum Gasteiger partial charge on any atom is 0.204 e. The van der Waals surface area contributed by atoms with E-state index in [0.29, 0.717) is 35.5 Å². The Morgan fingerprint density at radius 1 is 1.29 bits per heavy atom. The number of hydrogen-bond acceptors (Lipinski definition) is 4. The summed E-state index contributed by atoms with van der Waals surface area (Å²) in [5.41, 5.74) is 0.735. The molecule has 0 fully saturated rings. The molecule has 0 spiro atoms.